The fraction of sp³-hybridized carbons (Fsp3) is 1.00. The minimum absolute atomic E-state index is 0.805. The van der Waals surface area contributed by atoms with Gasteiger partial charge in [0, 0.05) is 31.2 Å². The molecule has 1 N–H and O–H groups in total. The van der Waals surface area contributed by atoms with E-state index in [2.05, 4.69) is 17.1 Å². The van der Waals surface area contributed by atoms with Gasteiger partial charge in [0.2, 0.25) is 0 Å². The topological polar surface area (TPSA) is 15.3 Å². The standard InChI is InChI=1S/C14H26N2/c1-11-2-4-12(5-3-11)15-13-8-9-16(10-13)14-6-7-14/h11-15H,2-10H2,1H3. The summed E-state index contributed by atoms with van der Waals surface area (Å²) >= 11 is 0. The first-order valence-electron chi connectivity index (χ1n) is 7.31. The molecule has 2 heteroatoms. The molecule has 0 amide bonds. The van der Waals surface area contributed by atoms with Gasteiger partial charge in [-0.05, 0) is 50.9 Å². The minimum atomic E-state index is 0.805. The third kappa shape index (κ3) is 2.60. The lowest BCUT2D eigenvalue weighted by molar-refractivity contribution is 0.273. The van der Waals surface area contributed by atoms with Crippen molar-refractivity contribution >= 4 is 0 Å². The summed E-state index contributed by atoms with van der Waals surface area (Å²) < 4.78 is 0. The molecule has 0 radical (unpaired) electrons. The van der Waals surface area contributed by atoms with Crippen molar-refractivity contribution in [2.24, 2.45) is 5.92 Å². The van der Waals surface area contributed by atoms with Crippen LogP contribution < -0.4 is 5.32 Å². The van der Waals surface area contributed by atoms with E-state index in [0.29, 0.717) is 0 Å². The monoisotopic (exact) mass is 222 g/mol. The highest BCUT2D eigenvalue weighted by molar-refractivity contribution is 4.93. The molecule has 0 aromatic heterocycles. The van der Waals surface area contributed by atoms with Crippen molar-refractivity contribution in [3.63, 3.8) is 0 Å². The highest BCUT2D eigenvalue weighted by Crippen LogP contribution is 2.30. The first kappa shape index (κ1) is 11.0. The Labute approximate surface area is 99.8 Å². The molecular formula is C14H26N2. The van der Waals surface area contributed by atoms with Gasteiger partial charge in [-0.2, -0.15) is 0 Å². The van der Waals surface area contributed by atoms with Gasteiger partial charge in [-0.15, -0.1) is 0 Å². The molecule has 16 heavy (non-hydrogen) atoms. The maximum Gasteiger partial charge on any atom is 0.0209 e. The predicted molar refractivity (Wildman–Crippen MR) is 67.6 cm³/mol. The van der Waals surface area contributed by atoms with Crippen molar-refractivity contribution in [2.75, 3.05) is 13.1 Å². The van der Waals surface area contributed by atoms with Gasteiger partial charge in [-0.25, -0.2) is 0 Å². The van der Waals surface area contributed by atoms with E-state index in [1.165, 1.54) is 58.0 Å². The van der Waals surface area contributed by atoms with Gasteiger partial charge in [0.25, 0.3) is 0 Å². The molecule has 0 spiro atoms. The van der Waals surface area contributed by atoms with Crippen molar-refractivity contribution in [3.8, 4) is 0 Å². The summed E-state index contributed by atoms with van der Waals surface area (Å²) in [5, 5.41) is 3.91. The fourth-order valence-corrected chi connectivity index (χ4v) is 3.45. The molecule has 3 rings (SSSR count). The summed E-state index contributed by atoms with van der Waals surface area (Å²) in [6.45, 7) is 5.09. The highest BCUT2D eigenvalue weighted by Gasteiger charge is 2.35. The SMILES string of the molecule is CC1CCC(NC2CCN(C3CC3)C2)CC1. The predicted octanol–water partition coefficient (Wildman–Crippen LogP) is 2.39. The van der Waals surface area contributed by atoms with E-state index in [1.807, 2.05) is 0 Å². The van der Waals surface area contributed by atoms with E-state index >= 15 is 0 Å². The molecule has 3 fully saturated rings. The third-order valence-corrected chi connectivity index (χ3v) is 4.77. The average Bonchev–Trinajstić information content (AvgIpc) is 3.04. The summed E-state index contributed by atoms with van der Waals surface area (Å²) in [5.74, 6) is 0.976. The Bertz CT molecular complexity index is 229. The smallest absolute Gasteiger partial charge is 0.0209 e. The molecule has 3 aliphatic rings. The van der Waals surface area contributed by atoms with Crippen LogP contribution in [0.4, 0.5) is 0 Å². The van der Waals surface area contributed by atoms with Gasteiger partial charge in [-0.1, -0.05) is 6.92 Å². The third-order valence-electron chi connectivity index (χ3n) is 4.77. The summed E-state index contributed by atoms with van der Waals surface area (Å²) in [5.41, 5.74) is 0. The van der Waals surface area contributed by atoms with E-state index in [1.54, 1.807) is 0 Å². The van der Waals surface area contributed by atoms with Crippen LogP contribution in [0.25, 0.3) is 0 Å². The zero-order chi connectivity index (χ0) is 11.0. The van der Waals surface area contributed by atoms with Crippen LogP contribution in [0.1, 0.15) is 51.9 Å². The van der Waals surface area contributed by atoms with E-state index in [0.717, 1.165) is 24.0 Å². The summed E-state index contributed by atoms with van der Waals surface area (Å²) in [4.78, 5) is 2.71. The second kappa shape index (κ2) is 4.66. The Morgan fingerprint density at radius 1 is 0.875 bits per heavy atom. The second-order valence-corrected chi connectivity index (χ2v) is 6.34. The molecule has 1 unspecified atom stereocenters. The van der Waals surface area contributed by atoms with E-state index in [-0.39, 0.29) is 0 Å². The molecule has 2 saturated carbocycles. The molecule has 1 atom stereocenters. The highest BCUT2D eigenvalue weighted by atomic mass is 15.2. The maximum atomic E-state index is 3.91. The van der Waals surface area contributed by atoms with Crippen LogP contribution in [0.5, 0.6) is 0 Å². The number of hydrogen-bond acceptors (Lipinski definition) is 2. The molecule has 0 aromatic carbocycles. The van der Waals surface area contributed by atoms with Gasteiger partial charge in [0.1, 0.15) is 0 Å². The summed E-state index contributed by atoms with van der Waals surface area (Å²) in [6.07, 6.45) is 10.0. The number of nitrogens with one attached hydrogen (secondary N) is 1. The lowest BCUT2D eigenvalue weighted by Gasteiger charge is -2.29. The van der Waals surface area contributed by atoms with Crippen LogP contribution in [-0.2, 0) is 0 Å². The van der Waals surface area contributed by atoms with Crippen LogP contribution in [-0.4, -0.2) is 36.1 Å². The van der Waals surface area contributed by atoms with Gasteiger partial charge >= 0.3 is 0 Å². The average molecular weight is 222 g/mol. The molecule has 0 bridgehead atoms. The van der Waals surface area contributed by atoms with Gasteiger partial charge in [-0.3, -0.25) is 4.90 Å². The summed E-state index contributed by atoms with van der Waals surface area (Å²) in [7, 11) is 0. The summed E-state index contributed by atoms with van der Waals surface area (Å²) in [6, 6.07) is 2.61. The van der Waals surface area contributed by atoms with Gasteiger partial charge < -0.3 is 5.32 Å². The van der Waals surface area contributed by atoms with Crippen molar-refractivity contribution in [3.05, 3.63) is 0 Å². The Kier molecular flexibility index (Phi) is 3.21. The number of likely N-dealkylation sites (tertiary alicyclic amines) is 1. The van der Waals surface area contributed by atoms with Crippen molar-refractivity contribution in [1.82, 2.24) is 10.2 Å². The van der Waals surface area contributed by atoms with E-state index in [9.17, 15) is 0 Å². The Morgan fingerprint density at radius 2 is 1.62 bits per heavy atom. The number of nitrogens with zero attached hydrogens (tertiary/aromatic N) is 1. The first-order valence-corrected chi connectivity index (χ1v) is 7.31. The molecule has 1 heterocycles. The van der Waals surface area contributed by atoms with Crippen LogP contribution in [0.15, 0.2) is 0 Å². The Morgan fingerprint density at radius 3 is 2.31 bits per heavy atom. The maximum absolute atomic E-state index is 3.91. The normalized spacial score (nSPS) is 41.4. The lowest BCUT2D eigenvalue weighted by Crippen LogP contribution is -2.42. The van der Waals surface area contributed by atoms with E-state index in [4.69, 9.17) is 0 Å². The quantitative estimate of drug-likeness (QED) is 0.789. The molecule has 0 aromatic rings. The fourth-order valence-electron chi connectivity index (χ4n) is 3.45. The Hall–Kier alpha value is -0.0800. The molecule has 2 aliphatic carbocycles. The van der Waals surface area contributed by atoms with Crippen molar-refractivity contribution in [2.45, 2.75) is 70.0 Å². The Balaban J connectivity index is 1.41. The molecular weight excluding hydrogens is 196 g/mol. The van der Waals surface area contributed by atoms with Crippen molar-refractivity contribution < 1.29 is 0 Å². The number of rotatable bonds is 3. The van der Waals surface area contributed by atoms with Crippen LogP contribution in [0, 0.1) is 5.92 Å². The van der Waals surface area contributed by atoms with Crippen LogP contribution in [0.2, 0.25) is 0 Å². The zero-order valence-electron chi connectivity index (χ0n) is 10.6. The van der Waals surface area contributed by atoms with Crippen LogP contribution >= 0.6 is 0 Å². The van der Waals surface area contributed by atoms with Gasteiger partial charge in [0.15, 0.2) is 0 Å². The number of hydrogen-bond donors (Lipinski definition) is 1. The molecule has 1 saturated heterocycles. The lowest BCUT2D eigenvalue weighted by atomic mass is 9.87. The van der Waals surface area contributed by atoms with Gasteiger partial charge in [0.05, 0.1) is 0 Å². The second-order valence-electron chi connectivity index (χ2n) is 6.34. The van der Waals surface area contributed by atoms with Crippen molar-refractivity contribution in [1.29, 1.82) is 0 Å². The van der Waals surface area contributed by atoms with E-state index < -0.39 is 0 Å². The molecule has 1 aliphatic heterocycles. The molecule has 2 nitrogen and oxygen atoms in total. The largest absolute Gasteiger partial charge is 0.310 e. The van der Waals surface area contributed by atoms with Crippen LogP contribution in [0.3, 0.4) is 0 Å². The zero-order valence-corrected chi connectivity index (χ0v) is 10.6. The minimum Gasteiger partial charge on any atom is -0.310 e. The molecule has 92 valence electrons. The first-order chi connectivity index (χ1) is 7.81.